The van der Waals surface area contributed by atoms with Crippen molar-refractivity contribution in [3.63, 3.8) is 0 Å². The van der Waals surface area contributed by atoms with E-state index in [1.807, 2.05) is 31.2 Å². The highest BCUT2D eigenvalue weighted by Crippen LogP contribution is 2.26. The van der Waals surface area contributed by atoms with Crippen LogP contribution in [0.5, 0.6) is 0 Å². The van der Waals surface area contributed by atoms with Gasteiger partial charge in [-0.2, -0.15) is 0 Å². The highest BCUT2D eigenvalue weighted by molar-refractivity contribution is 5.93. The molecule has 5 heteroatoms. The van der Waals surface area contributed by atoms with Crippen LogP contribution in [0, 0.1) is 12.8 Å². The summed E-state index contributed by atoms with van der Waals surface area (Å²) in [5, 5.41) is 8.91. The number of carboxylic acid groups (broad SMARTS) is 1. The SMILES string of the molecule is Cc1ccccc1N1CC(CC(=O)O)CN(C)C1=O. The zero-order chi connectivity index (χ0) is 14.0. The van der Waals surface area contributed by atoms with E-state index in [9.17, 15) is 9.59 Å². The van der Waals surface area contributed by atoms with Crippen LogP contribution in [0.4, 0.5) is 10.5 Å². The number of carbonyl (C=O) groups excluding carboxylic acids is 1. The average molecular weight is 262 g/mol. The van der Waals surface area contributed by atoms with Gasteiger partial charge in [0.1, 0.15) is 0 Å². The second-order valence-electron chi connectivity index (χ2n) is 5.02. The molecular formula is C14H18N2O3. The van der Waals surface area contributed by atoms with Gasteiger partial charge in [0.15, 0.2) is 0 Å². The summed E-state index contributed by atoms with van der Waals surface area (Å²) in [5.41, 5.74) is 1.87. The summed E-state index contributed by atoms with van der Waals surface area (Å²) >= 11 is 0. The molecule has 2 rings (SSSR count). The van der Waals surface area contributed by atoms with Crippen molar-refractivity contribution in [2.45, 2.75) is 13.3 Å². The number of aliphatic carboxylic acids is 1. The van der Waals surface area contributed by atoms with Crippen molar-refractivity contribution < 1.29 is 14.7 Å². The van der Waals surface area contributed by atoms with Gasteiger partial charge in [0.05, 0.1) is 6.42 Å². The van der Waals surface area contributed by atoms with Crippen LogP contribution in [0.15, 0.2) is 24.3 Å². The second kappa shape index (κ2) is 5.30. The fraction of sp³-hybridized carbons (Fsp3) is 0.429. The summed E-state index contributed by atoms with van der Waals surface area (Å²) in [6.07, 6.45) is 0.0833. The van der Waals surface area contributed by atoms with Gasteiger partial charge in [-0.25, -0.2) is 4.79 Å². The van der Waals surface area contributed by atoms with Gasteiger partial charge in [0.2, 0.25) is 0 Å². The first-order valence-corrected chi connectivity index (χ1v) is 6.29. The van der Waals surface area contributed by atoms with Gasteiger partial charge in [0.25, 0.3) is 0 Å². The molecule has 102 valence electrons. The maximum absolute atomic E-state index is 12.2. The standard InChI is InChI=1S/C14H18N2O3/c1-10-5-3-4-6-12(10)16-9-11(7-13(17)18)8-15(2)14(16)19/h3-6,11H,7-9H2,1-2H3,(H,17,18). The quantitative estimate of drug-likeness (QED) is 0.905. The third-order valence-corrected chi connectivity index (χ3v) is 3.40. The lowest BCUT2D eigenvalue weighted by Gasteiger charge is -2.38. The Labute approximate surface area is 112 Å². The molecule has 0 spiro atoms. The molecule has 19 heavy (non-hydrogen) atoms. The number of para-hydroxylation sites is 1. The minimum atomic E-state index is -0.822. The van der Waals surface area contributed by atoms with Crippen LogP contribution in [-0.2, 0) is 4.79 Å². The van der Waals surface area contributed by atoms with Crippen LogP contribution >= 0.6 is 0 Å². The van der Waals surface area contributed by atoms with E-state index in [0.717, 1.165) is 11.3 Å². The van der Waals surface area contributed by atoms with E-state index in [1.54, 1.807) is 16.8 Å². The molecule has 1 aliphatic heterocycles. The zero-order valence-corrected chi connectivity index (χ0v) is 11.2. The molecule has 0 bridgehead atoms. The van der Waals surface area contributed by atoms with Crippen molar-refractivity contribution in [1.29, 1.82) is 0 Å². The molecule has 1 saturated heterocycles. The van der Waals surface area contributed by atoms with Crippen LogP contribution in [0.2, 0.25) is 0 Å². The fourth-order valence-corrected chi connectivity index (χ4v) is 2.51. The smallest absolute Gasteiger partial charge is 0.324 e. The van der Waals surface area contributed by atoms with Crippen molar-refractivity contribution in [3.8, 4) is 0 Å². The molecule has 1 unspecified atom stereocenters. The van der Waals surface area contributed by atoms with Crippen molar-refractivity contribution >= 4 is 17.7 Å². The lowest BCUT2D eigenvalue weighted by atomic mass is 10.0. The fourth-order valence-electron chi connectivity index (χ4n) is 2.51. The maximum atomic E-state index is 12.2. The van der Waals surface area contributed by atoms with Gasteiger partial charge in [-0.15, -0.1) is 0 Å². The molecule has 1 N–H and O–H groups in total. The third-order valence-electron chi connectivity index (χ3n) is 3.40. The van der Waals surface area contributed by atoms with Crippen LogP contribution < -0.4 is 4.90 Å². The summed E-state index contributed by atoms with van der Waals surface area (Å²) in [7, 11) is 1.71. The van der Waals surface area contributed by atoms with E-state index in [4.69, 9.17) is 5.11 Å². The molecule has 1 atom stereocenters. The van der Waals surface area contributed by atoms with Gasteiger partial charge in [-0.3, -0.25) is 9.69 Å². The number of amides is 2. The number of hydrogen-bond acceptors (Lipinski definition) is 2. The van der Waals surface area contributed by atoms with E-state index < -0.39 is 5.97 Å². The molecular weight excluding hydrogens is 244 g/mol. The summed E-state index contributed by atoms with van der Waals surface area (Å²) in [5.74, 6) is -0.864. The predicted octanol–water partition coefficient (Wildman–Crippen LogP) is 1.96. The number of nitrogens with zero attached hydrogens (tertiary/aromatic N) is 2. The molecule has 1 fully saturated rings. The van der Waals surface area contributed by atoms with Gasteiger partial charge in [-0.05, 0) is 18.6 Å². The maximum Gasteiger partial charge on any atom is 0.324 e. The molecule has 1 aromatic carbocycles. The lowest BCUT2D eigenvalue weighted by Crippen LogP contribution is -2.52. The van der Waals surface area contributed by atoms with E-state index in [1.165, 1.54) is 0 Å². The number of carbonyl (C=O) groups is 2. The Kier molecular flexibility index (Phi) is 3.74. The predicted molar refractivity (Wildman–Crippen MR) is 72.3 cm³/mol. The molecule has 1 heterocycles. The van der Waals surface area contributed by atoms with E-state index in [2.05, 4.69) is 0 Å². The first kappa shape index (κ1) is 13.4. The molecule has 0 aromatic heterocycles. The monoisotopic (exact) mass is 262 g/mol. The molecule has 1 aromatic rings. The Hall–Kier alpha value is -2.04. The Balaban J connectivity index is 2.25. The van der Waals surface area contributed by atoms with E-state index in [0.29, 0.717) is 13.1 Å². The normalized spacial score (nSPS) is 19.7. The van der Waals surface area contributed by atoms with Crippen LogP contribution in [0.25, 0.3) is 0 Å². The largest absolute Gasteiger partial charge is 0.481 e. The molecule has 1 aliphatic rings. The number of aryl methyl sites for hydroxylation is 1. The minimum absolute atomic E-state index is 0.0418. The van der Waals surface area contributed by atoms with Gasteiger partial charge >= 0.3 is 12.0 Å². The molecule has 2 amide bonds. The summed E-state index contributed by atoms with van der Waals surface area (Å²) in [6, 6.07) is 7.58. The Bertz CT molecular complexity index is 501. The first-order chi connectivity index (χ1) is 8.99. The van der Waals surface area contributed by atoms with E-state index >= 15 is 0 Å². The van der Waals surface area contributed by atoms with Gasteiger partial charge in [0, 0.05) is 31.7 Å². The van der Waals surface area contributed by atoms with Crippen LogP contribution in [0.1, 0.15) is 12.0 Å². The van der Waals surface area contributed by atoms with Gasteiger partial charge in [-0.1, -0.05) is 18.2 Å². The summed E-state index contributed by atoms with van der Waals surface area (Å²) in [4.78, 5) is 26.3. The Morgan fingerprint density at radius 3 is 2.68 bits per heavy atom. The molecule has 0 radical (unpaired) electrons. The highest BCUT2D eigenvalue weighted by atomic mass is 16.4. The number of hydrogen-bond donors (Lipinski definition) is 1. The topological polar surface area (TPSA) is 60.9 Å². The van der Waals surface area contributed by atoms with Crippen molar-refractivity contribution in [3.05, 3.63) is 29.8 Å². The Morgan fingerprint density at radius 1 is 1.37 bits per heavy atom. The molecule has 0 aliphatic carbocycles. The third kappa shape index (κ3) is 2.86. The number of anilines is 1. The summed E-state index contributed by atoms with van der Waals surface area (Å²) in [6.45, 7) is 2.90. The number of benzene rings is 1. The average Bonchev–Trinajstić information content (AvgIpc) is 2.34. The Morgan fingerprint density at radius 2 is 2.05 bits per heavy atom. The molecule has 5 nitrogen and oxygen atoms in total. The number of rotatable bonds is 3. The van der Waals surface area contributed by atoms with Gasteiger partial charge < -0.3 is 10.0 Å². The van der Waals surface area contributed by atoms with Crippen LogP contribution in [0.3, 0.4) is 0 Å². The zero-order valence-electron chi connectivity index (χ0n) is 11.2. The second-order valence-corrected chi connectivity index (χ2v) is 5.02. The van der Waals surface area contributed by atoms with Crippen molar-refractivity contribution in [2.75, 3.05) is 25.0 Å². The molecule has 0 saturated carbocycles. The number of urea groups is 1. The first-order valence-electron chi connectivity index (χ1n) is 6.29. The van der Waals surface area contributed by atoms with E-state index in [-0.39, 0.29) is 18.4 Å². The highest BCUT2D eigenvalue weighted by Gasteiger charge is 2.32. The van der Waals surface area contributed by atoms with Crippen molar-refractivity contribution in [2.24, 2.45) is 5.92 Å². The van der Waals surface area contributed by atoms with Crippen molar-refractivity contribution in [1.82, 2.24) is 4.90 Å². The number of carboxylic acids is 1. The van der Waals surface area contributed by atoms with Crippen LogP contribution in [-0.4, -0.2) is 42.1 Å². The summed E-state index contributed by atoms with van der Waals surface area (Å²) < 4.78 is 0. The lowest BCUT2D eigenvalue weighted by molar-refractivity contribution is -0.138. The minimum Gasteiger partial charge on any atom is -0.481 e.